The summed E-state index contributed by atoms with van der Waals surface area (Å²) in [4.78, 5) is 23.6. The molecule has 0 heterocycles. The Morgan fingerprint density at radius 3 is 2.38 bits per heavy atom. The summed E-state index contributed by atoms with van der Waals surface area (Å²) < 4.78 is 27.9. The Morgan fingerprint density at radius 1 is 1.04 bits per heavy atom. The van der Waals surface area contributed by atoms with E-state index in [1.165, 1.54) is 26.4 Å². The first-order chi connectivity index (χ1) is 11.5. The highest BCUT2D eigenvalue weighted by Crippen LogP contribution is 2.28. The van der Waals surface area contributed by atoms with Crippen molar-refractivity contribution in [2.24, 2.45) is 0 Å². The molecule has 0 saturated carbocycles. The van der Waals surface area contributed by atoms with Crippen LogP contribution in [0.4, 0.5) is 10.1 Å². The van der Waals surface area contributed by atoms with Crippen LogP contribution in [0.25, 0.3) is 0 Å². The van der Waals surface area contributed by atoms with E-state index in [1.807, 2.05) is 0 Å². The van der Waals surface area contributed by atoms with Gasteiger partial charge in [-0.15, -0.1) is 0 Å². The maximum Gasteiger partial charge on any atom is 0.338 e. The lowest BCUT2D eigenvalue weighted by atomic mass is 10.2. The Hall–Kier alpha value is -3.09. The predicted octanol–water partition coefficient (Wildman–Crippen LogP) is 2.64. The number of benzene rings is 2. The molecule has 0 unspecified atom stereocenters. The molecule has 0 bridgehead atoms. The van der Waals surface area contributed by atoms with E-state index < -0.39 is 24.3 Å². The molecule has 1 N–H and O–H groups in total. The molecule has 1 amide bonds. The Bertz CT molecular complexity index is 730. The Labute approximate surface area is 138 Å². The van der Waals surface area contributed by atoms with Crippen molar-refractivity contribution in [1.82, 2.24) is 0 Å². The lowest BCUT2D eigenvalue weighted by Gasteiger charge is -2.11. The second-order valence-electron chi connectivity index (χ2n) is 4.70. The first-order valence-corrected chi connectivity index (χ1v) is 6.98. The summed E-state index contributed by atoms with van der Waals surface area (Å²) in [5.74, 6) is -0.725. The first-order valence-electron chi connectivity index (χ1n) is 6.98. The largest absolute Gasteiger partial charge is 0.497 e. The molecule has 0 saturated heterocycles. The molecule has 0 spiro atoms. The highest BCUT2D eigenvalue weighted by Gasteiger charge is 2.12. The van der Waals surface area contributed by atoms with Crippen LogP contribution in [0.15, 0.2) is 42.5 Å². The number of nitrogens with one attached hydrogen (secondary N) is 1. The number of halogens is 1. The molecule has 7 heteroatoms. The van der Waals surface area contributed by atoms with Crippen molar-refractivity contribution in [3.05, 3.63) is 53.8 Å². The number of anilines is 1. The van der Waals surface area contributed by atoms with Crippen molar-refractivity contribution in [3.63, 3.8) is 0 Å². The van der Waals surface area contributed by atoms with Crippen molar-refractivity contribution in [1.29, 1.82) is 0 Å². The molecule has 126 valence electrons. The summed E-state index contributed by atoms with van der Waals surface area (Å²) in [6.07, 6.45) is 0. The van der Waals surface area contributed by atoms with E-state index >= 15 is 0 Å². The van der Waals surface area contributed by atoms with Crippen LogP contribution in [0, 0.1) is 5.82 Å². The molecule has 24 heavy (non-hydrogen) atoms. The van der Waals surface area contributed by atoms with Gasteiger partial charge in [0.2, 0.25) is 0 Å². The number of methoxy groups -OCH3 is 2. The van der Waals surface area contributed by atoms with E-state index in [9.17, 15) is 14.0 Å². The topological polar surface area (TPSA) is 73.9 Å². The highest BCUT2D eigenvalue weighted by molar-refractivity contribution is 5.96. The van der Waals surface area contributed by atoms with Gasteiger partial charge in [0.05, 0.1) is 25.5 Å². The number of esters is 1. The quantitative estimate of drug-likeness (QED) is 0.823. The van der Waals surface area contributed by atoms with Crippen LogP contribution in [0.1, 0.15) is 10.4 Å². The summed E-state index contributed by atoms with van der Waals surface area (Å²) in [6, 6.07) is 9.71. The van der Waals surface area contributed by atoms with Gasteiger partial charge >= 0.3 is 5.97 Å². The molecule has 0 aliphatic heterocycles. The fourth-order valence-corrected chi connectivity index (χ4v) is 1.89. The van der Waals surface area contributed by atoms with Gasteiger partial charge in [0, 0.05) is 6.07 Å². The summed E-state index contributed by atoms with van der Waals surface area (Å²) in [6.45, 7) is -0.481. The zero-order chi connectivity index (χ0) is 17.5. The molecule has 0 aliphatic carbocycles. The number of ether oxygens (including phenoxy) is 3. The third-order valence-corrected chi connectivity index (χ3v) is 3.10. The smallest absolute Gasteiger partial charge is 0.338 e. The second-order valence-corrected chi connectivity index (χ2v) is 4.70. The minimum atomic E-state index is -0.716. The zero-order valence-corrected chi connectivity index (χ0v) is 13.2. The second kappa shape index (κ2) is 7.96. The fraction of sp³-hybridized carbons (Fsp3) is 0.176. The van der Waals surface area contributed by atoms with Crippen LogP contribution in [-0.4, -0.2) is 32.7 Å². The van der Waals surface area contributed by atoms with Gasteiger partial charge in [-0.1, -0.05) is 0 Å². The first kappa shape index (κ1) is 17.3. The number of hydrogen-bond donors (Lipinski definition) is 1. The summed E-state index contributed by atoms with van der Waals surface area (Å²) in [7, 11) is 2.97. The Balaban J connectivity index is 1.93. The minimum absolute atomic E-state index is 0.159. The average Bonchev–Trinajstić information content (AvgIpc) is 2.60. The summed E-state index contributed by atoms with van der Waals surface area (Å²) in [5.41, 5.74) is 0.576. The van der Waals surface area contributed by atoms with Crippen LogP contribution < -0.4 is 14.8 Å². The SMILES string of the molecule is COc1ccc(NC(=O)COC(=O)c2ccc(F)cc2)c(OC)c1. The third-order valence-electron chi connectivity index (χ3n) is 3.10. The van der Waals surface area contributed by atoms with Gasteiger partial charge in [-0.2, -0.15) is 0 Å². The van der Waals surface area contributed by atoms with Crippen molar-refractivity contribution < 1.29 is 28.2 Å². The standard InChI is InChI=1S/C17H16FNO5/c1-22-13-7-8-14(15(9-13)23-2)19-16(20)10-24-17(21)11-3-5-12(18)6-4-11/h3-9H,10H2,1-2H3,(H,19,20). The number of rotatable bonds is 6. The van der Waals surface area contributed by atoms with Crippen molar-refractivity contribution >= 4 is 17.6 Å². The van der Waals surface area contributed by atoms with E-state index in [1.54, 1.807) is 18.2 Å². The maximum absolute atomic E-state index is 12.8. The molecule has 2 rings (SSSR count). The normalized spacial score (nSPS) is 9.96. The van der Waals surface area contributed by atoms with Gasteiger partial charge in [-0.3, -0.25) is 4.79 Å². The number of carbonyl (C=O) groups is 2. The number of hydrogen-bond acceptors (Lipinski definition) is 5. The van der Waals surface area contributed by atoms with Gasteiger partial charge in [-0.05, 0) is 36.4 Å². The van der Waals surface area contributed by atoms with Crippen LogP contribution in [0.2, 0.25) is 0 Å². The molecule has 0 atom stereocenters. The lowest BCUT2D eigenvalue weighted by Crippen LogP contribution is -2.21. The minimum Gasteiger partial charge on any atom is -0.497 e. The lowest BCUT2D eigenvalue weighted by molar-refractivity contribution is -0.119. The molecule has 0 aliphatic rings. The molecule has 0 aromatic heterocycles. The van der Waals surface area contributed by atoms with Crippen molar-refractivity contribution in [2.75, 3.05) is 26.1 Å². The number of amides is 1. The van der Waals surface area contributed by atoms with E-state index in [2.05, 4.69) is 5.32 Å². The molecule has 6 nitrogen and oxygen atoms in total. The van der Waals surface area contributed by atoms with Gasteiger partial charge in [0.15, 0.2) is 6.61 Å². The molecular weight excluding hydrogens is 317 g/mol. The van der Waals surface area contributed by atoms with Crippen molar-refractivity contribution in [3.8, 4) is 11.5 Å². The predicted molar refractivity (Wildman–Crippen MR) is 84.9 cm³/mol. The third kappa shape index (κ3) is 4.45. The van der Waals surface area contributed by atoms with Gasteiger partial charge in [0.25, 0.3) is 5.91 Å². The Morgan fingerprint density at radius 2 is 1.75 bits per heavy atom. The average molecular weight is 333 g/mol. The van der Waals surface area contributed by atoms with Gasteiger partial charge in [-0.25, -0.2) is 9.18 Å². The molecule has 0 radical (unpaired) electrons. The fourth-order valence-electron chi connectivity index (χ4n) is 1.89. The zero-order valence-electron chi connectivity index (χ0n) is 13.2. The monoisotopic (exact) mass is 333 g/mol. The van der Waals surface area contributed by atoms with Crippen LogP contribution in [0.3, 0.4) is 0 Å². The molecule has 2 aromatic carbocycles. The van der Waals surface area contributed by atoms with Crippen LogP contribution in [0.5, 0.6) is 11.5 Å². The highest BCUT2D eigenvalue weighted by atomic mass is 19.1. The van der Waals surface area contributed by atoms with Gasteiger partial charge < -0.3 is 19.5 Å². The summed E-state index contributed by atoms with van der Waals surface area (Å²) in [5, 5.41) is 2.57. The van der Waals surface area contributed by atoms with E-state index in [0.717, 1.165) is 12.1 Å². The summed E-state index contributed by atoms with van der Waals surface area (Å²) >= 11 is 0. The maximum atomic E-state index is 12.8. The van der Waals surface area contributed by atoms with E-state index in [0.29, 0.717) is 17.2 Å². The van der Waals surface area contributed by atoms with Crippen LogP contribution >= 0.6 is 0 Å². The van der Waals surface area contributed by atoms with Crippen LogP contribution in [-0.2, 0) is 9.53 Å². The molecule has 0 fully saturated rings. The molecular formula is C17H16FNO5. The van der Waals surface area contributed by atoms with Gasteiger partial charge in [0.1, 0.15) is 17.3 Å². The number of carbonyl (C=O) groups excluding carboxylic acids is 2. The Kier molecular flexibility index (Phi) is 5.73. The molecule has 2 aromatic rings. The van der Waals surface area contributed by atoms with Crippen molar-refractivity contribution in [2.45, 2.75) is 0 Å². The van der Waals surface area contributed by atoms with E-state index in [-0.39, 0.29) is 5.56 Å². The van der Waals surface area contributed by atoms with E-state index in [4.69, 9.17) is 14.2 Å².